The summed E-state index contributed by atoms with van der Waals surface area (Å²) in [5.41, 5.74) is 6.13. The van der Waals surface area contributed by atoms with E-state index in [9.17, 15) is 14.4 Å². The van der Waals surface area contributed by atoms with Crippen LogP contribution in [0, 0.1) is 0 Å². The van der Waals surface area contributed by atoms with Crippen LogP contribution < -0.4 is 21.7 Å². The first kappa shape index (κ1) is 27.1. The topological polar surface area (TPSA) is 141 Å². The largest absolute Gasteiger partial charge is 0.378 e. The fraction of sp³-hybridized carbons (Fsp3) is 0.526. The molecule has 0 atom stereocenters. The lowest BCUT2D eigenvalue weighted by Gasteiger charge is -2.13. The summed E-state index contributed by atoms with van der Waals surface area (Å²) in [5, 5.41) is 7.78. The summed E-state index contributed by atoms with van der Waals surface area (Å²) in [6.07, 6.45) is 0. The zero-order valence-electron chi connectivity index (χ0n) is 17.1. The smallest absolute Gasteiger partial charge is 0.251 e. The predicted octanol–water partition coefficient (Wildman–Crippen LogP) is 0.780. The lowest BCUT2D eigenvalue weighted by Crippen LogP contribution is -2.28. The number of hydrogen-bond acceptors (Lipinski definition) is 7. The average Bonchev–Trinajstić information content (AvgIpc) is 2.78. The van der Waals surface area contributed by atoms with E-state index in [1.54, 1.807) is 0 Å². The van der Waals surface area contributed by atoms with Crippen molar-refractivity contribution in [3.63, 3.8) is 0 Å². The number of amides is 3. The first-order valence-electron chi connectivity index (χ1n) is 9.59. The summed E-state index contributed by atoms with van der Waals surface area (Å²) in [5.74, 6) is -1.83. The third-order valence-electron chi connectivity index (χ3n) is 3.61. The second kappa shape index (κ2) is 16.7. The summed E-state index contributed by atoms with van der Waals surface area (Å²) in [7, 11) is 0. The minimum Gasteiger partial charge on any atom is -0.378 e. The molecule has 0 aliphatic heterocycles. The van der Waals surface area contributed by atoms with Gasteiger partial charge in [-0.15, -0.1) is 23.2 Å². The van der Waals surface area contributed by atoms with E-state index in [0.29, 0.717) is 51.9 Å². The molecule has 0 saturated heterocycles. The Labute approximate surface area is 191 Å². The number of rotatable bonds is 16. The maximum absolute atomic E-state index is 12.3. The van der Waals surface area contributed by atoms with Crippen molar-refractivity contribution in [2.75, 3.05) is 75.1 Å². The van der Waals surface area contributed by atoms with Crippen molar-refractivity contribution in [2.45, 2.75) is 0 Å². The quantitative estimate of drug-likeness (QED) is 0.203. The Bertz CT molecular complexity index is 708. The number of anilines is 2. The minimum absolute atomic E-state index is 0.237. The van der Waals surface area contributed by atoms with Crippen LogP contribution in [0.5, 0.6) is 0 Å². The highest BCUT2D eigenvalue weighted by Gasteiger charge is 2.13. The lowest BCUT2D eigenvalue weighted by molar-refractivity contribution is -0.114. The fourth-order valence-corrected chi connectivity index (χ4v) is 2.36. The van der Waals surface area contributed by atoms with E-state index in [0.717, 1.165) is 0 Å². The van der Waals surface area contributed by atoms with Crippen LogP contribution in [0.3, 0.4) is 0 Å². The number of carbonyl (C=O) groups excluding carboxylic acids is 3. The van der Waals surface area contributed by atoms with Gasteiger partial charge in [-0.1, -0.05) is 0 Å². The average molecular weight is 479 g/mol. The Balaban J connectivity index is 2.42. The Kier molecular flexibility index (Phi) is 14.6. The molecular weight excluding hydrogens is 451 g/mol. The van der Waals surface area contributed by atoms with Gasteiger partial charge in [0.05, 0.1) is 51.0 Å². The Morgan fingerprint density at radius 3 is 1.94 bits per heavy atom. The van der Waals surface area contributed by atoms with E-state index in [-0.39, 0.29) is 35.5 Å². The number of hydrogen-bond donors (Lipinski definition) is 4. The van der Waals surface area contributed by atoms with Gasteiger partial charge in [0.25, 0.3) is 5.91 Å². The highest BCUT2D eigenvalue weighted by molar-refractivity contribution is 6.30. The van der Waals surface area contributed by atoms with E-state index in [2.05, 4.69) is 16.0 Å². The molecule has 0 radical (unpaired) electrons. The van der Waals surface area contributed by atoms with E-state index in [1.165, 1.54) is 18.2 Å². The van der Waals surface area contributed by atoms with E-state index in [1.807, 2.05) is 0 Å². The fourth-order valence-electron chi connectivity index (χ4n) is 2.23. The molecule has 0 spiro atoms. The highest BCUT2D eigenvalue weighted by atomic mass is 35.5. The Morgan fingerprint density at radius 1 is 0.806 bits per heavy atom. The molecular formula is C19H28Cl2N4O6. The SMILES string of the molecule is NCCOCCOCCOCCNC(=O)c1ccc(NC(=O)CCl)c(NC(=O)CCl)c1. The molecule has 0 fully saturated rings. The lowest BCUT2D eigenvalue weighted by atomic mass is 10.1. The van der Waals surface area contributed by atoms with Crippen molar-refractivity contribution in [1.82, 2.24) is 5.32 Å². The first-order valence-corrected chi connectivity index (χ1v) is 10.7. The van der Waals surface area contributed by atoms with Crippen molar-refractivity contribution in [3.05, 3.63) is 23.8 Å². The third-order valence-corrected chi connectivity index (χ3v) is 4.10. The van der Waals surface area contributed by atoms with Crippen LogP contribution in [-0.2, 0) is 23.8 Å². The molecule has 5 N–H and O–H groups in total. The normalized spacial score (nSPS) is 10.5. The van der Waals surface area contributed by atoms with Crippen molar-refractivity contribution in [2.24, 2.45) is 5.73 Å². The molecule has 1 aromatic carbocycles. The third kappa shape index (κ3) is 11.9. The molecule has 174 valence electrons. The van der Waals surface area contributed by atoms with Crippen LogP contribution in [0.4, 0.5) is 11.4 Å². The van der Waals surface area contributed by atoms with Crippen LogP contribution >= 0.6 is 23.2 Å². The van der Waals surface area contributed by atoms with Crippen molar-refractivity contribution >= 4 is 52.3 Å². The zero-order valence-corrected chi connectivity index (χ0v) is 18.6. The molecule has 10 nitrogen and oxygen atoms in total. The minimum atomic E-state index is -0.484. The van der Waals surface area contributed by atoms with Crippen LogP contribution in [0.1, 0.15) is 10.4 Å². The standard InChI is InChI=1S/C19H28Cl2N4O6/c20-12-17(26)24-15-2-1-14(11-16(15)25-18(27)13-21)19(28)23-4-6-30-8-10-31-9-7-29-5-3-22/h1-2,11H,3-10,12-13,22H2,(H,23,28)(H,24,26)(H,25,27). The van der Waals surface area contributed by atoms with Gasteiger partial charge in [-0.25, -0.2) is 0 Å². The van der Waals surface area contributed by atoms with Gasteiger partial charge in [-0.3, -0.25) is 14.4 Å². The maximum Gasteiger partial charge on any atom is 0.251 e. The van der Waals surface area contributed by atoms with E-state index >= 15 is 0 Å². The van der Waals surface area contributed by atoms with Gasteiger partial charge >= 0.3 is 0 Å². The molecule has 0 aliphatic carbocycles. The molecule has 1 aromatic rings. The van der Waals surface area contributed by atoms with Crippen LogP contribution in [-0.4, -0.2) is 82.2 Å². The number of nitrogens with one attached hydrogen (secondary N) is 3. The molecule has 31 heavy (non-hydrogen) atoms. The molecule has 3 amide bonds. The van der Waals surface area contributed by atoms with Crippen molar-refractivity contribution < 1.29 is 28.6 Å². The molecule has 0 heterocycles. The van der Waals surface area contributed by atoms with Gasteiger partial charge in [-0.05, 0) is 18.2 Å². The number of alkyl halides is 2. The zero-order chi connectivity index (χ0) is 22.9. The molecule has 0 bridgehead atoms. The molecule has 0 saturated carbocycles. The maximum atomic E-state index is 12.3. The van der Waals surface area contributed by atoms with Gasteiger partial charge in [0, 0.05) is 18.7 Å². The number of ether oxygens (including phenoxy) is 3. The Morgan fingerprint density at radius 2 is 1.35 bits per heavy atom. The van der Waals surface area contributed by atoms with Crippen molar-refractivity contribution in [1.29, 1.82) is 0 Å². The second-order valence-electron chi connectivity index (χ2n) is 6.01. The van der Waals surface area contributed by atoms with E-state index < -0.39 is 11.8 Å². The monoisotopic (exact) mass is 478 g/mol. The molecule has 0 unspecified atom stereocenters. The van der Waals surface area contributed by atoms with Crippen molar-refractivity contribution in [3.8, 4) is 0 Å². The highest BCUT2D eigenvalue weighted by Crippen LogP contribution is 2.23. The van der Waals surface area contributed by atoms with Gasteiger partial charge < -0.3 is 35.9 Å². The predicted molar refractivity (Wildman–Crippen MR) is 119 cm³/mol. The van der Waals surface area contributed by atoms with Gasteiger partial charge in [0.15, 0.2) is 0 Å². The number of carbonyl (C=O) groups is 3. The molecule has 0 aliphatic rings. The van der Waals surface area contributed by atoms with Crippen LogP contribution in [0.2, 0.25) is 0 Å². The van der Waals surface area contributed by atoms with Gasteiger partial charge in [0.2, 0.25) is 11.8 Å². The number of nitrogens with two attached hydrogens (primary N) is 1. The van der Waals surface area contributed by atoms with Gasteiger partial charge in [-0.2, -0.15) is 0 Å². The summed E-state index contributed by atoms with van der Waals surface area (Å²) < 4.78 is 15.9. The first-order chi connectivity index (χ1) is 15.0. The Hall–Kier alpha value is -1.95. The molecule has 0 aromatic heterocycles. The number of halogens is 2. The summed E-state index contributed by atoms with van der Waals surface area (Å²) in [6.45, 7) is 3.32. The summed E-state index contributed by atoms with van der Waals surface area (Å²) in [6, 6.07) is 4.44. The van der Waals surface area contributed by atoms with Crippen LogP contribution in [0.15, 0.2) is 18.2 Å². The van der Waals surface area contributed by atoms with E-state index in [4.69, 9.17) is 43.1 Å². The van der Waals surface area contributed by atoms with Crippen LogP contribution in [0.25, 0.3) is 0 Å². The molecule has 12 heteroatoms. The summed E-state index contributed by atoms with van der Waals surface area (Å²) in [4.78, 5) is 35.5. The summed E-state index contributed by atoms with van der Waals surface area (Å²) >= 11 is 11.0. The second-order valence-corrected chi connectivity index (χ2v) is 6.54. The van der Waals surface area contributed by atoms with Gasteiger partial charge in [0.1, 0.15) is 11.8 Å². The number of benzene rings is 1. The molecule has 1 rings (SSSR count).